The van der Waals surface area contributed by atoms with Gasteiger partial charge in [-0.3, -0.25) is 19.0 Å². The number of aliphatic hydroxyl groups excluding tert-OH is 2. The summed E-state index contributed by atoms with van der Waals surface area (Å²) in [6.07, 6.45) is 1.17. The topological polar surface area (TPSA) is 145 Å². The third-order valence-corrected chi connectivity index (χ3v) is 10.9. The third-order valence-electron chi connectivity index (χ3n) is 10.9. The molecular weight excluding hydrogens is 719 g/mol. The molecule has 12 heteroatoms. The second kappa shape index (κ2) is 21.6. The molecule has 56 heavy (non-hydrogen) atoms. The van der Waals surface area contributed by atoms with Crippen LogP contribution in [0.25, 0.3) is 10.9 Å². The highest BCUT2D eigenvalue weighted by atomic mass is 19.1. The summed E-state index contributed by atoms with van der Waals surface area (Å²) in [5.74, 6) is 2.62. The van der Waals surface area contributed by atoms with E-state index in [1.54, 1.807) is 39.8 Å². The number of nitrogens with zero attached hydrogens (tertiary/aromatic N) is 2. The average Bonchev–Trinajstić information content (AvgIpc) is 3.17. The van der Waals surface area contributed by atoms with Gasteiger partial charge < -0.3 is 38.9 Å². The summed E-state index contributed by atoms with van der Waals surface area (Å²) in [7, 11) is 3.62. The van der Waals surface area contributed by atoms with Gasteiger partial charge in [-0.15, -0.1) is 0 Å². The standard InChI is InChI=1S/C44H59FN2O9/c1-8-38-34(25-45)21-27(2)16-17-36(49)28(3)22-33(18-19-48)42(29(4)37(50)24-39(51)55-38)56-44-41(52)40(47(6)7)43(30(5)54-44)53-20-12-11-13-31-23-32-14-9-10-15-35(32)46-26-31/h9-10,14-17,19,21,23,26,28-30,33-34,37-38,40-44,50,52H,8,13,18,20,22,24-25H2,1-7H3/b17-16+,27-21+/t28-,29+,30-,33+,34-,37-,38-,40-,41-,42-,43-,44+/m1/s1. The van der Waals surface area contributed by atoms with Crippen LogP contribution in [0.4, 0.5) is 4.39 Å². The highest BCUT2D eigenvalue weighted by molar-refractivity contribution is 5.91. The number of carbonyl (C=O) groups excluding carboxylic acids is 3. The van der Waals surface area contributed by atoms with Crippen molar-refractivity contribution in [3.63, 3.8) is 0 Å². The summed E-state index contributed by atoms with van der Waals surface area (Å²) in [5.41, 5.74) is 2.54. The Morgan fingerprint density at radius 2 is 1.84 bits per heavy atom. The van der Waals surface area contributed by atoms with Crippen molar-refractivity contribution in [2.45, 2.75) is 116 Å². The Balaban J connectivity index is 1.54. The van der Waals surface area contributed by atoms with E-state index in [1.807, 2.05) is 56.4 Å². The number of halogens is 1. The number of para-hydroxylation sites is 1. The van der Waals surface area contributed by atoms with E-state index < -0.39 is 91.7 Å². The molecule has 2 aliphatic rings. The SMILES string of the molecule is CC[C@H]1OC(=O)C[C@@H](O)[C@H](C)[C@@H](O[C@@H]2O[C@H](C)[C@@H](OCC#CCc3cnc4ccccc4c3)[C@H](N(C)C)[C@H]2O)[C@@H](CC=O)C[C@@H](C)C(=O)/C=C/C(C)=C/[C@@H]1CF. The van der Waals surface area contributed by atoms with Gasteiger partial charge in [0.1, 0.15) is 31.2 Å². The number of pyridine rings is 1. The van der Waals surface area contributed by atoms with Gasteiger partial charge in [-0.05, 0) is 70.5 Å². The fraction of sp³-hybridized carbons (Fsp3) is 0.591. The second-order valence-electron chi connectivity index (χ2n) is 15.4. The minimum Gasteiger partial charge on any atom is -0.462 e. The molecule has 0 spiro atoms. The van der Waals surface area contributed by atoms with Crippen LogP contribution in [0.15, 0.2) is 60.3 Å². The van der Waals surface area contributed by atoms with Gasteiger partial charge in [-0.2, -0.15) is 0 Å². The minimum atomic E-state index is -1.30. The number of likely N-dealkylation sites (N-methyl/N-ethyl adjacent to an activating group) is 1. The molecule has 0 saturated carbocycles. The quantitative estimate of drug-likeness (QED) is 0.187. The zero-order valence-electron chi connectivity index (χ0n) is 33.7. The van der Waals surface area contributed by atoms with Crippen LogP contribution < -0.4 is 0 Å². The van der Waals surface area contributed by atoms with Crippen molar-refractivity contribution < 1.29 is 47.9 Å². The van der Waals surface area contributed by atoms with Crippen LogP contribution in [0.2, 0.25) is 0 Å². The van der Waals surface area contributed by atoms with Gasteiger partial charge in [0, 0.05) is 42.2 Å². The number of alkyl halides is 1. The Labute approximate surface area is 330 Å². The number of hydrogen-bond acceptors (Lipinski definition) is 11. The van der Waals surface area contributed by atoms with Gasteiger partial charge in [0.2, 0.25) is 0 Å². The molecule has 0 aliphatic carbocycles. The highest BCUT2D eigenvalue weighted by Gasteiger charge is 2.48. The molecule has 0 unspecified atom stereocenters. The maximum absolute atomic E-state index is 14.2. The van der Waals surface area contributed by atoms with Crippen LogP contribution >= 0.6 is 0 Å². The number of rotatable bonds is 10. The molecule has 1 saturated heterocycles. The van der Waals surface area contributed by atoms with Crippen molar-refractivity contribution in [2.24, 2.45) is 23.7 Å². The van der Waals surface area contributed by atoms with Gasteiger partial charge in [0.15, 0.2) is 12.1 Å². The van der Waals surface area contributed by atoms with Crippen molar-refractivity contribution in [1.82, 2.24) is 9.88 Å². The smallest absolute Gasteiger partial charge is 0.308 e. The van der Waals surface area contributed by atoms with Crippen LogP contribution in [0.3, 0.4) is 0 Å². The summed E-state index contributed by atoms with van der Waals surface area (Å²) >= 11 is 0. The first-order chi connectivity index (χ1) is 26.8. The van der Waals surface area contributed by atoms with Crippen LogP contribution in [0.1, 0.15) is 65.9 Å². The molecule has 11 nitrogen and oxygen atoms in total. The zero-order valence-corrected chi connectivity index (χ0v) is 33.7. The number of hydrogen-bond donors (Lipinski definition) is 2. The number of aliphatic hydroxyl groups is 2. The number of benzene rings is 1. The van der Waals surface area contributed by atoms with Gasteiger partial charge in [-0.25, -0.2) is 0 Å². The predicted molar refractivity (Wildman–Crippen MR) is 211 cm³/mol. The summed E-state index contributed by atoms with van der Waals surface area (Å²) in [6.45, 7) is 8.08. The number of aldehydes is 1. The maximum atomic E-state index is 14.2. The molecule has 1 fully saturated rings. The first-order valence-corrected chi connectivity index (χ1v) is 19.6. The lowest BCUT2D eigenvalue weighted by atomic mass is 9.79. The second-order valence-corrected chi connectivity index (χ2v) is 15.4. The molecule has 1 aromatic heterocycles. The molecule has 12 atom stereocenters. The lowest BCUT2D eigenvalue weighted by molar-refractivity contribution is -0.307. The number of ether oxygens (including phenoxy) is 4. The summed E-state index contributed by atoms with van der Waals surface area (Å²) in [4.78, 5) is 44.9. The van der Waals surface area contributed by atoms with E-state index >= 15 is 0 Å². The number of fused-ring (bicyclic) bond motifs is 1. The summed E-state index contributed by atoms with van der Waals surface area (Å²) in [6, 6.07) is 9.34. The van der Waals surface area contributed by atoms with Crippen LogP contribution in [0, 0.1) is 35.5 Å². The minimum absolute atomic E-state index is 0.0162. The number of cyclic esters (lactones) is 1. The highest BCUT2D eigenvalue weighted by Crippen LogP contribution is 2.35. The van der Waals surface area contributed by atoms with E-state index in [1.165, 1.54) is 6.08 Å². The van der Waals surface area contributed by atoms with Crippen LogP contribution in [0.5, 0.6) is 0 Å². The monoisotopic (exact) mass is 778 g/mol. The Hall–Kier alpha value is -3.83. The Kier molecular flexibility index (Phi) is 17.3. The van der Waals surface area contributed by atoms with Crippen molar-refractivity contribution in [2.75, 3.05) is 27.4 Å². The largest absolute Gasteiger partial charge is 0.462 e. The average molecular weight is 779 g/mol. The molecular formula is C44H59FN2O9. The molecule has 3 heterocycles. The Morgan fingerprint density at radius 1 is 1.09 bits per heavy atom. The van der Waals surface area contributed by atoms with Gasteiger partial charge >= 0.3 is 5.97 Å². The molecule has 1 aromatic carbocycles. The van der Waals surface area contributed by atoms with Crippen LogP contribution in [-0.2, 0) is 39.8 Å². The van der Waals surface area contributed by atoms with E-state index in [4.69, 9.17) is 18.9 Å². The van der Waals surface area contributed by atoms with E-state index in [9.17, 15) is 29.0 Å². The first-order valence-electron chi connectivity index (χ1n) is 19.6. The molecule has 2 aromatic rings. The normalized spacial score (nSPS) is 33.9. The Morgan fingerprint density at radius 3 is 2.54 bits per heavy atom. The predicted octanol–water partition coefficient (Wildman–Crippen LogP) is 5.20. The number of allylic oxidation sites excluding steroid dienone is 3. The molecule has 2 N–H and O–H groups in total. The maximum Gasteiger partial charge on any atom is 0.308 e. The molecule has 0 radical (unpaired) electrons. The molecule has 2 aliphatic heterocycles. The fourth-order valence-corrected chi connectivity index (χ4v) is 7.68. The van der Waals surface area contributed by atoms with E-state index in [2.05, 4.69) is 22.9 Å². The Bertz CT molecular complexity index is 1740. The lowest BCUT2D eigenvalue weighted by Gasteiger charge is -2.47. The first kappa shape index (κ1) is 44.9. The molecule has 0 amide bonds. The number of aromatic nitrogens is 1. The summed E-state index contributed by atoms with van der Waals surface area (Å²) < 4.78 is 38.9. The van der Waals surface area contributed by atoms with E-state index in [0.717, 1.165) is 22.8 Å². The van der Waals surface area contributed by atoms with Crippen molar-refractivity contribution in [3.8, 4) is 11.8 Å². The summed E-state index contributed by atoms with van der Waals surface area (Å²) in [5, 5.41) is 24.3. The van der Waals surface area contributed by atoms with Crippen molar-refractivity contribution >= 4 is 28.9 Å². The number of carbonyl (C=O) groups is 3. The fourth-order valence-electron chi connectivity index (χ4n) is 7.68. The van der Waals surface area contributed by atoms with Gasteiger partial charge in [0.05, 0.1) is 43.0 Å². The van der Waals surface area contributed by atoms with Crippen LogP contribution in [-0.4, -0.2) is 114 Å². The molecule has 306 valence electrons. The zero-order chi connectivity index (χ0) is 40.9. The third kappa shape index (κ3) is 12.1. The van der Waals surface area contributed by atoms with Gasteiger partial charge in [0.25, 0.3) is 0 Å². The van der Waals surface area contributed by atoms with Crippen molar-refractivity contribution in [1.29, 1.82) is 0 Å². The van der Waals surface area contributed by atoms with E-state index in [0.29, 0.717) is 18.4 Å². The van der Waals surface area contributed by atoms with Crippen molar-refractivity contribution in [3.05, 3.63) is 65.9 Å². The number of ketones is 1. The van der Waals surface area contributed by atoms with E-state index in [-0.39, 0.29) is 25.2 Å². The van der Waals surface area contributed by atoms with Gasteiger partial charge in [-0.1, -0.05) is 68.5 Å². The molecule has 4 rings (SSSR count). The lowest BCUT2D eigenvalue weighted by Crippen LogP contribution is -2.64. The molecule has 0 bridgehead atoms. The number of esters is 1.